The first-order valence-corrected chi connectivity index (χ1v) is 3.31. The summed E-state index contributed by atoms with van der Waals surface area (Å²) >= 11 is 0. The van der Waals surface area contributed by atoms with Crippen LogP contribution in [-0.4, -0.2) is 25.2 Å². The van der Waals surface area contributed by atoms with Crippen molar-refractivity contribution < 1.29 is 19.1 Å². The normalized spacial score (nSPS) is 8.91. The summed E-state index contributed by atoms with van der Waals surface area (Å²) in [5.74, 6) is -0.997. The molecule has 0 amide bonds. The van der Waals surface area contributed by atoms with Crippen LogP contribution in [0, 0.1) is 6.92 Å². The molecule has 4 nitrogen and oxygen atoms in total. The van der Waals surface area contributed by atoms with Gasteiger partial charge in [0.2, 0.25) is 0 Å². The summed E-state index contributed by atoms with van der Waals surface area (Å²) in [6.07, 6.45) is 0.0924. The van der Waals surface area contributed by atoms with Crippen LogP contribution in [0.5, 0.6) is 0 Å². The van der Waals surface area contributed by atoms with Crippen molar-refractivity contribution >= 4 is 11.9 Å². The molecule has 0 fully saturated rings. The second-order valence-electron chi connectivity index (χ2n) is 1.78. The summed E-state index contributed by atoms with van der Waals surface area (Å²) in [7, 11) is 0. The minimum Gasteiger partial charge on any atom is -0.466 e. The van der Waals surface area contributed by atoms with Crippen molar-refractivity contribution in [3.05, 3.63) is 6.92 Å². The van der Waals surface area contributed by atoms with Gasteiger partial charge >= 0.3 is 11.9 Å². The van der Waals surface area contributed by atoms with Crippen molar-refractivity contribution in [3.8, 4) is 0 Å². The Kier molecular flexibility index (Phi) is 5.15. The zero-order valence-corrected chi connectivity index (χ0v) is 6.46. The van der Waals surface area contributed by atoms with Crippen molar-refractivity contribution in [1.29, 1.82) is 0 Å². The van der Waals surface area contributed by atoms with Gasteiger partial charge in [0.25, 0.3) is 0 Å². The van der Waals surface area contributed by atoms with Gasteiger partial charge in [-0.15, -0.1) is 0 Å². The highest BCUT2D eigenvalue weighted by Gasteiger charge is 2.01. The fraction of sp³-hybridized carbons (Fsp3) is 0.571. The van der Waals surface area contributed by atoms with Crippen LogP contribution in [0.25, 0.3) is 0 Å². The molecule has 0 rings (SSSR count). The fourth-order valence-corrected chi connectivity index (χ4v) is 0.481. The Hall–Kier alpha value is -1.06. The van der Waals surface area contributed by atoms with Crippen LogP contribution in [-0.2, 0) is 19.1 Å². The maximum absolute atomic E-state index is 10.6. The number of ether oxygens (including phenoxy) is 2. The molecule has 0 spiro atoms. The molecule has 0 bridgehead atoms. The van der Waals surface area contributed by atoms with Gasteiger partial charge < -0.3 is 9.47 Å². The third kappa shape index (κ3) is 6.83. The number of rotatable bonds is 4. The van der Waals surface area contributed by atoms with Gasteiger partial charge in [0.15, 0.2) is 0 Å². The third-order valence-electron chi connectivity index (χ3n) is 0.875. The van der Waals surface area contributed by atoms with Gasteiger partial charge in [-0.05, 0) is 6.92 Å². The van der Waals surface area contributed by atoms with Crippen molar-refractivity contribution in [1.82, 2.24) is 0 Å². The first kappa shape index (κ1) is 9.94. The highest BCUT2D eigenvalue weighted by molar-refractivity contribution is 5.74. The van der Waals surface area contributed by atoms with Crippen LogP contribution in [0.2, 0.25) is 0 Å². The molecule has 0 aliphatic carbocycles. The Balaban J connectivity index is 3.24. The molecule has 0 saturated carbocycles. The number of hydrogen-bond donors (Lipinski definition) is 0. The largest absolute Gasteiger partial charge is 0.466 e. The monoisotopic (exact) mass is 159 g/mol. The number of esters is 2. The molecule has 0 saturated heterocycles. The summed E-state index contributed by atoms with van der Waals surface area (Å²) < 4.78 is 8.98. The van der Waals surface area contributed by atoms with Crippen LogP contribution in [0.3, 0.4) is 0 Å². The van der Waals surface area contributed by atoms with Gasteiger partial charge in [-0.1, -0.05) is 0 Å². The first-order chi connectivity index (χ1) is 5.16. The van der Waals surface area contributed by atoms with Crippen molar-refractivity contribution in [3.63, 3.8) is 0 Å². The zero-order valence-electron chi connectivity index (χ0n) is 6.46. The second-order valence-corrected chi connectivity index (χ2v) is 1.78. The minimum atomic E-state index is -0.630. The van der Waals surface area contributed by atoms with Crippen LogP contribution < -0.4 is 0 Å². The Morgan fingerprint density at radius 3 is 2.45 bits per heavy atom. The van der Waals surface area contributed by atoms with E-state index in [1.807, 2.05) is 0 Å². The fourth-order valence-electron chi connectivity index (χ4n) is 0.481. The Labute approximate surface area is 65.5 Å². The Bertz CT molecular complexity index is 141. The molecular weight excluding hydrogens is 148 g/mol. The van der Waals surface area contributed by atoms with E-state index in [0.29, 0.717) is 6.61 Å². The quantitative estimate of drug-likeness (QED) is 0.554. The molecule has 63 valence electrons. The SMILES string of the molecule is [CH2]C(=O)OCCC(=O)OCC. The summed E-state index contributed by atoms with van der Waals surface area (Å²) in [5, 5.41) is 0. The standard InChI is InChI=1S/C7H11O4/c1-3-10-7(9)4-5-11-6(2)8/h2-5H2,1H3. The van der Waals surface area contributed by atoms with Gasteiger partial charge in [-0.2, -0.15) is 0 Å². The van der Waals surface area contributed by atoms with E-state index in [9.17, 15) is 9.59 Å². The molecule has 0 aliphatic rings. The number of carbonyl (C=O) groups excluding carboxylic acids is 2. The molecule has 0 atom stereocenters. The van der Waals surface area contributed by atoms with E-state index >= 15 is 0 Å². The molecule has 1 radical (unpaired) electrons. The summed E-state index contributed by atoms with van der Waals surface area (Å²) in [6.45, 7) is 5.07. The Morgan fingerprint density at radius 2 is 2.00 bits per heavy atom. The molecular formula is C7H11O4. The molecule has 0 unspecified atom stereocenters. The maximum atomic E-state index is 10.6. The average Bonchev–Trinajstić information content (AvgIpc) is 1.87. The van der Waals surface area contributed by atoms with E-state index in [-0.39, 0.29) is 19.0 Å². The predicted octanol–water partition coefficient (Wildman–Crippen LogP) is 0.317. The van der Waals surface area contributed by atoms with Gasteiger partial charge in [0.05, 0.1) is 20.0 Å². The van der Waals surface area contributed by atoms with E-state index in [2.05, 4.69) is 16.4 Å². The van der Waals surface area contributed by atoms with Gasteiger partial charge in [0, 0.05) is 0 Å². The van der Waals surface area contributed by atoms with Gasteiger partial charge in [-0.25, -0.2) is 0 Å². The molecule has 0 aromatic carbocycles. The lowest BCUT2D eigenvalue weighted by molar-refractivity contribution is -0.146. The zero-order chi connectivity index (χ0) is 8.69. The molecule has 11 heavy (non-hydrogen) atoms. The molecule has 0 aromatic heterocycles. The van der Waals surface area contributed by atoms with Crippen molar-refractivity contribution in [2.75, 3.05) is 13.2 Å². The number of hydrogen-bond acceptors (Lipinski definition) is 4. The van der Waals surface area contributed by atoms with Crippen molar-refractivity contribution in [2.45, 2.75) is 13.3 Å². The smallest absolute Gasteiger partial charge is 0.309 e. The van der Waals surface area contributed by atoms with Crippen LogP contribution in [0.4, 0.5) is 0 Å². The lowest BCUT2D eigenvalue weighted by atomic mass is 10.5. The Morgan fingerprint density at radius 1 is 1.36 bits per heavy atom. The highest BCUT2D eigenvalue weighted by atomic mass is 16.5. The van der Waals surface area contributed by atoms with Crippen LogP contribution in [0.15, 0.2) is 0 Å². The predicted molar refractivity (Wildman–Crippen MR) is 37.6 cm³/mol. The van der Waals surface area contributed by atoms with E-state index in [4.69, 9.17) is 0 Å². The lowest BCUT2D eigenvalue weighted by Crippen LogP contribution is -2.09. The maximum Gasteiger partial charge on any atom is 0.309 e. The second kappa shape index (κ2) is 5.70. The molecule has 4 heteroatoms. The minimum absolute atomic E-state index is 0.0428. The van der Waals surface area contributed by atoms with Gasteiger partial charge in [0.1, 0.15) is 6.61 Å². The van der Waals surface area contributed by atoms with Gasteiger partial charge in [-0.3, -0.25) is 9.59 Å². The summed E-state index contributed by atoms with van der Waals surface area (Å²) in [5.41, 5.74) is 0. The van der Waals surface area contributed by atoms with E-state index < -0.39 is 5.97 Å². The molecule has 0 heterocycles. The average molecular weight is 159 g/mol. The van der Waals surface area contributed by atoms with Crippen LogP contribution >= 0.6 is 0 Å². The summed E-state index contributed by atoms with van der Waals surface area (Å²) in [6, 6.07) is 0. The third-order valence-corrected chi connectivity index (χ3v) is 0.875. The van der Waals surface area contributed by atoms with E-state index in [1.165, 1.54) is 0 Å². The van der Waals surface area contributed by atoms with E-state index in [0.717, 1.165) is 0 Å². The molecule has 0 aromatic rings. The molecule has 0 N–H and O–H groups in total. The van der Waals surface area contributed by atoms with Crippen LogP contribution in [0.1, 0.15) is 13.3 Å². The van der Waals surface area contributed by atoms with E-state index in [1.54, 1.807) is 6.92 Å². The number of carbonyl (C=O) groups is 2. The lowest BCUT2D eigenvalue weighted by Gasteiger charge is -2.00. The highest BCUT2D eigenvalue weighted by Crippen LogP contribution is 1.87. The van der Waals surface area contributed by atoms with Crippen molar-refractivity contribution in [2.24, 2.45) is 0 Å². The topological polar surface area (TPSA) is 52.6 Å². The summed E-state index contributed by atoms with van der Waals surface area (Å²) in [4.78, 5) is 20.7. The molecule has 0 aliphatic heterocycles. The first-order valence-electron chi connectivity index (χ1n) is 3.31.